The van der Waals surface area contributed by atoms with Crippen LogP contribution in [0.25, 0.3) is 0 Å². The highest BCUT2D eigenvalue weighted by atomic mass is 35.5. The first-order valence-corrected chi connectivity index (χ1v) is 6.45. The standard InChI is InChI=1S/C15H15ClO2/c1-3-10-5-6-12(9-11(10)4-2)15(17)13-7-8-14(16)18-13/h5-9H,3-4H2,1-2H3. The molecule has 0 fully saturated rings. The second kappa shape index (κ2) is 5.40. The predicted octanol–water partition coefficient (Wildman–Crippen LogP) is 4.29. The van der Waals surface area contributed by atoms with E-state index in [-0.39, 0.29) is 16.8 Å². The largest absolute Gasteiger partial charge is 0.441 e. The summed E-state index contributed by atoms with van der Waals surface area (Å²) in [5.74, 6) is 0.158. The summed E-state index contributed by atoms with van der Waals surface area (Å²) in [4.78, 5) is 12.2. The van der Waals surface area contributed by atoms with E-state index in [1.165, 1.54) is 11.1 Å². The molecule has 0 aliphatic rings. The molecule has 2 aromatic rings. The zero-order chi connectivity index (χ0) is 13.1. The van der Waals surface area contributed by atoms with Gasteiger partial charge in [0.25, 0.3) is 0 Å². The van der Waals surface area contributed by atoms with E-state index in [0.29, 0.717) is 5.56 Å². The van der Waals surface area contributed by atoms with E-state index < -0.39 is 0 Å². The number of hydrogen-bond acceptors (Lipinski definition) is 2. The quantitative estimate of drug-likeness (QED) is 0.770. The Morgan fingerprint density at radius 1 is 1.11 bits per heavy atom. The van der Waals surface area contributed by atoms with Crippen molar-refractivity contribution in [2.24, 2.45) is 0 Å². The summed E-state index contributed by atoms with van der Waals surface area (Å²) < 4.78 is 5.15. The lowest BCUT2D eigenvalue weighted by molar-refractivity contribution is 0.101. The first-order chi connectivity index (χ1) is 8.65. The molecule has 0 bridgehead atoms. The third-order valence-corrected chi connectivity index (χ3v) is 3.23. The fourth-order valence-electron chi connectivity index (χ4n) is 2.02. The van der Waals surface area contributed by atoms with Crippen molar-refractivity contribution in [1.82, 2.24) is 0 Å². The van der Waals surface area contributed by atoms with Gasteiger partial charge in [0, 0.05) is 5.56 Å². The summed E-state index contributed by atoms with van der Waals surface area (Å²) in [6.45, 7) is 4.20. The van der Waals surface area contributed by atoms with Crippen LogP contribution in [0.4, 0.5) is 0 Å². The van der Waals surface area contributed by atoms with Crippen molar-refractivity contribution in [2.45, 2.75) is 26.7 Å². The van der Waals surface area contributed by atoms with Crippen LogP contribution in [0.3, 0.4) is 0 Å². The van der Waals surface area contributed by atoms with E-state index in [1.807, 2.05) is 18.2 Å². The molecular weight excluding hydrogens is 248 g/mol. The molecule has 2 rings (SSSR count). The molecule has 1 heterocycles. The second-order valence-electron chi connectivity index (χ2n) is 4.12. The van der Waals surface area contributed by atoms with Crippen LogP contribution in [0.5, 0.6) is 0 Å². The molecule has 0 aliphatic heterocycles. The number of benzene rings is 1. The van der Waals surface area contributed by atoms with Gasteiger partial charge in [0.05, 0.1) is 0 Å². The monoisotopic (exact) mass is 262 g/mol. The summed E-state index contributed by atoms with van der Waals surface area (Å²) in [5.41, 5.74) is 3.14. The average molecular weight is 263 g/mol. The molecule has 0 atom stereocenters. The highest BCUT2D eigenvalue weighted by Crippen LogP contribution is 2.19. The SMILES string of the molecule is CCc1ccc(C(=O)c2ccc(Cl)o2)cc1CC. The molecule has 1 aromatic heterocycles. The number of halogens is 1. The summed E-state index contributed by atoms with van der Waals surface area (Å²) in [5, 5.41) is 0.235. The Morgan fingerprint density at radius 3 is 2.39 bits per heavy atom. The van der Waals surface area contributed by atoms with Crippen molar-refractivity contribution >= 4 is 17.4 Å². The van der Waals surface area contributed by atoms with E-state index >= 15 is 0 Å². The van der Waals surface area contributed by atoms with Crippen molar-refractivity contribution in [3.63, 3.8) is 0 Å². The van der Waals surface area contributed by atoms with Crippen LogP contribution in [-0.4, -0.2) is 5.78 Å². The molecule has 0 N–H and O–H groups in total. The van der Waals surface area contributed by atoms with Crippen molar-refractivity contribution < 1.29 is 9.21 Å². The van der Waals surface area contributed by atoms with Gasteiger partial charge < -0.3 is 4.42 Å². The van der Waals surface area contributed by atoms with E-state index in [0.717, 1.165) is 12.8 Å². The summed E-state index contributed by atoms with van der Waals surface area (Å²) in [6, 6.07) is 8.98. The van der Waals surface area contributed by atoms with Gasteiger partial charge >= 0.3 is 0 Å². The molecule has 1 aromatic carbocycles. The Bertz CT molecular complexity index is 570. The smallest absolute Gasteiger partial charge is 0.228 e. The highest BCUT2D eigenvalue weighted by Gasteiger charge is 2.14. The third kappa shape index (κ3) is 2.49. The number of aryl methyl sites for hydroxylation is 2. The Morgan fingerprint density at radius 2 is 1.83 bits per heavy atom. The molecule has 2 nitrogen and oxygen atoms in total. The van der Waals surface area contributed by atoms with Crippen molar-refractivity contribution in [3.05, 3.63) is 58.0 Å². The molecule has 18 heavy (non-hydrogen) atoms. The molecule has 3 heteroatoms. The molecule has 0 radical (unpaired) electrons. The van der Waals surface area contributed by atoms with Crippen LogP contribution in [0.2, 0.25) is 5.22 Å². The number of rotatable bonds is 4. The van der Waals surface area contributed by atoms with Crippen LogP contribution in [0.15, 0.2) is 34.7 Å². The molecule has 0 aliphatic carbocycles. The normalized spacial score (nSPS) is 10.6. The minimum Gasteiger partial charge on any atom is -0.441 e. The third-order valence-electron chi connectivity index (χ3n) is 3.03. The second-order valence-corrected chi connectivity index (χ2v) is 4.50. The van der Waals surface area contributed by atoms with Crippen LogP contribution in [0, 0.1) is 0 Å². The minimum absolute atomic E-state index is 0.126. The van der Waals surface area contributed by atoms with Crippen LogP contribution >= 0.6 is 11.6 Å². The van der Waals surface area contributed by atoms with E-state index in [2.05, 4.69) is 13.8 Å². The first-order valence-electron chi connectivity index (χ1n) is 6.07. The van der Waals surface area contributed by atoms with Gasteiger partial charge in [0.2, 0.25) is 5.78 Å². The van der Waals surface area contributed by atoms with Gasteiger partial charge in [-0.3, -0.25) is 4.79 Å². The fraction of sp³-hybridized carbons (Fsp3) is 0.267. The maximum absolute atomic E-state index is 12.2. The Kier molecular flexibility index (Phi) is 3.87. The Labute approximate surface area is 112 Å². The zero-order valence-electron chi connectivity index (χ0n) is 10.5. The minimum atomic E-state index is -0.126. The maximum Gasteiger partial charge on any atom is 0.228 e. The lowest BCUT2D eigenvalue weighted by Crippen LogP contribution is -2.02. The van der Waals surface area contributed by atoms with Gasteiger partial charge in [0.1, 0.15) is 0 Å². The van der Waals surface area contributed by atoms with E-state index in [4.69, 9.17) is 16.0 Å². The molecule has 0 saturated heterocycles. The number of furan rings is 1. The zero-order valence-corrected chi connectivity index (χ0v) is 11.3. The summed E-state index contributed by atoms with van der Waals surface area (Å²) in [6.07, 6.45) is 1.90. The van der Waals surface area contributed by atoms with Crippen LogP contribution in [0.1, 0.15) is 41.1 Å². The summed E-state index contributed by atoms with van der Waals surface area (Å²) >= 11 is 5.68. The molecule has 0 spiro atoms. The fourth-order valence-corrected chi connectivity index (χ4v) is 2.17. The van der Waals surface area contributed by atoms with Gasteiger partial charge in [-0.05, 0) is 53.8 Å². The lowest BCUT2D eigenvalue weighted by atomic mass is 9.98. The number of carbonyl (C=O) groups is 1. The molecular formula is C15H15ClO2. The van der Waals surface area contributed by atoms with Crippen molar-refractivity contribution in [1.29, 1.82) is 0 Å². The average Bonchev–Trinajstić information content (AvgIpc) is 2.83. The van der Waals surface area contributed by atoms with Crippen LogP contribution in [-0.2, 0) is 12.8 Å². The van der Waals surface area contributed by atoms with Crippen LogP contribution < -0.4 is 0 Å². The number of hydrogen-bond donors (Lipinski definition) is 0. The molecule has 0 saturated carbocycles. The predicted molar refractivity (Wildman–Crippen MR) is 72.3 cm³/mol. The topological polar surface area (TPSA) is 30.2 Å². The van der Waals surface area contributed by atoms with Crippen molar-refractivity contribution in [2.75, 3.05) is 0 Å². The maximum atomic E-state index is 12.2. The first kappa shape index (κ1) is 12.9. The van der Waals surface area contributed by atoms with Gasteiger partial charge in [-0.15, -0.1) is 0 Å². The van der Waals surface area contributed by atoms with E-state index in [9.17, 15) is 4.79 Å². The molecule has 0 amide bonds. The Hall–Kier alpha value is -1.54. The van der Waals surface area contributed by atoms with Gasteiger partial charge in [-0.25, -0.2) is 0 Å². The highest BCUT2D eigenvalue weighted by molar-refractivity contribution is 6.29. The molecule has 94 valence electrons. The van der Waals surface area contributed by atoms with Gasteiger partial charge in [0.15, 0.2) is 11.0 Å². The summed E-state index contributed by atoms with van der Waals surface area (Å²) in [7, 11) is 0. The lowest BCUT2D eigenvalue weighted by Gasteiger charge is -2.07. The molecule has 0 unspecified atom stereocenters. The van der Waals surface area contributed by atoms with Crippen molar-refractivity contribution in [3.8, 4) is 0 Å². The van der Waals surface area contributed by atoms with Gasteiger partial charge in [-0.1, -0.05) is 26.0 Å². The van der Waals surface area contributed by atoms with E-state index in [1.54, 1.807) is 12.1 Å². The Balaban J connectivity index is 2.36. The number of carbonyl (C=O) groups excluding carboxylic acids is 1. The number of ketones is 1. The van der Waals surface area contributed by atoms with Gasteiger partial charge in [-0.2, -0.15) is 0 Å².